The second kappa shape index (κ2) is 9.71. The zero-order valence-electron chi connectivity index (χ0n) is 17.7. The number of halogens is 1. The van der Waals surface area contributed by atoms with Crippen LogP contribution in [0, 0.1) is 6.92 Å². The Morgan fingerprint density at radius 3 is 2.47 bits per heavy atom. The molecule has 1 atom stereocenters. The van der Waals surface area contributed by atoms with Gasteiger partial charge in [0.2, 0.25) is 5.91 Å². The Morgan fingerprint density at radius 1 is 0.969 bits per heavy atom. The number of H-pyrrole nitrogens is 1. The maximum atomic E-state index is 13.1. The van der Waals surface area contributed by atoms with E-state index in [-0.39, 0.29) is 11.8 Å². The summed E-state index contributed by atoms with van der Waals surface area (Å²) in [4.78, 5) is 29.3. The van der Waals surface area contributed by atoms with Crippen molar-refractivity contribution >= 4 is 34.3 Å². The van der Waals surface area contributed by atoms with Gasteiger partial charge in [0.1, 0.15) is 6.04 Å². The molecule has 0 saturated carbocycles. The first-order valence-corrected chi connectivity index (χ1v) is 10.8. The number of benzene rings is 3. The minimum atomic E-state index is -0.761. The zero-order chi connectivity index (χ0) is 22.5. The highest BCUT2D eigenvalue weighted by Gasteiger charge is 2.24. The molecule has 6 heteroatoms. The Hall–Kier alpha value is -3.57. The van der Waals surface area contributed by atoms with E-state index >= 15 is 0 Å². The number of hydrogen-bond donors (Lipinski definition) is 3. The van der Waals surface area contributed by atoms with Gasteiger partial charge in [-0.15, -0.1) is 0 Å². The lowest BCUT2D eigenvalue weighted by atomic mass is 10.0. The van der Waals surface area contributed by atoms with Gasteiger partial charge in [0, 0.05) is 30.1 Å². The second-order valence-corrected chi connectivity index (χ2v) is 8.18. The van der Waals surface area contributed by atoms with Gasteiger partial charge < -0.3 is 15.6 Å². The normalized spacial score (nSPS) is 11.8. The molecule has 162 valence electrons. The van der Waals surface area contributed by atoms with E-state index in [9.17, 15) is 9.59 Å². The molecular weight excluding hydrogens is 422 g/mol. The molecule has 3 aromatic carbocycles. The molecule has 2 amide bonds. The van der Waals surface area contributed by atoms with Crippen molar-refractivity contribution in [2.24, 2.45) is 0 Å². The predicted octanol–water partition coefficient (Wildman–Crippen LogP) is 4.79. The molecule has 4 aromatic rings. The molecular formula is C26H24ClN3O2. The summed E-state index contributed by atoms with van der Waals surface area (Å²) in [7, 11) is 0. The number of rotatable bonds is 7. The summed E-state index contributed by atoms with van der Waals surface area (Å²) >= 11 is 6.19. The standard InChI is InChI=1S/C26H24ClN3O2/c1-17-10-12-18(13-11-17)15-29-26(32)24(30-25(31)21-7-2-4-8-22(21)27)14-19-16-28-23-9-5-3-6-20(19)23/h2-13,16,24,28H,14-15H2,1H3,(H,29,32)(H,30,31)/t24-/m0/s1. The van der Waals surface area contributed by atoms with E-state index in [0.29, 0.717) is 23.6 Å². The lowest BCUT2D eigenvalue weighted by Gasteiger charge is -2.19. The molecule has 1 heterocycles. The van der Waals surface area contributed by atoms with E-state index < -0.39 is 6.04 Å². The van der Waals surface area contributed by atoms with Crippen molar-refractivity contribution in [1.29, 1.82) is 0 Å². The molecule has 0 bridgehead atoms. The van der Waals surface area contributed by atoms with Crippen molar-refractivity contribution in [2.45, 2.75) is 25.9 Å². The summed E-state index contributed by atoms with van der Waals surface area (Å²) in [5.41, 5.74) is 4.43. The van der Waals surface area contributed by atoms with E-state index in [1.807, 2.05) is 61.7 Å². The summed E-state index contributed by atoms with van der Waals surface area (Å²) in [6.07, 6.45) is 2.23. The molecule has 32 heavy (non-hydrogen) atoms. The molecule has 0 spiro atoms. The highest BCUT2D eigenvalue weighted by molar-refractivity contribution is 6.33. The molecule has 0 saturated heterocycles. The molecule has 0 fully saturated rings. The van der Waals surface area contributed by atoms with Crippen molar-refractivity contribution in [1.82, 2.24) is 15.6 Å². The molecule has 0 aliphatic carbocycles. The van der Waals surface area contributed by atoms with Crippen LogP contribution < -0.4 is 10.6 Å². The van der Waals surface area contributed by atoms with Gasteiger partial charge in [-0.25, -0.2) is 0 Å². The zero-order valence-corrected chi connectivity index (χ0v) is 18.4. The van der Waals surface area contributed by atoms with Crippen LogP contribution in [0.3, 0.4) is 0 Å². The maximum Gasteiger partial charge on any atom is 0.253 e. The first-order chi connectivity index (χ1) is 15.5. The molecule has 3 N–H and O–H groups in total. The molecule has 0 unspecified atom stereocenters. The Balaban J connectivity index is 1.55. The quantitative estimate of drug-likeness (QED) is 0.382. The number of carbonyl (C=O) groups is 2. The van der Waals surface area contributed by atoms with E-state index in [0.717, 1.165) is 27.6 Å². The third-order valence-corrected chi connectivity index (χ3v) is 5.76. The van der Waals surface area contributed by atoms with Gasteiger partial charge in [-0.2, -0.15) is 0 Å². The number of carbonyl (C=O) groups excluding carboxylic acids is 2. The van der Waals surface area contributed by atoms with Crippen LogP contribution >= 0.6 is 11.6 Å². The van der Waals surface area contributed by atoms with Crippen molar-refractivity contribution < 1.29 is 9.59 Å². The smallest absolute Gasteiger partial charge is 0.253 e. The van der Waals surface area contributed by atoms with Crippen LogP contribution in [0.25, 0.3) is 10.9 Å². The average molecular weight is 446 g/mol. The van der Waals surface area contributed by atoms with E-state index in [1.54, 1.807) is 24.3 Å². The monoisotopic (exact) mass is 445 g/mol. The summed E-state index contributed by atoms with van der Waals surface area (Å²) in [6.45, 7) is 2.40. The van der Waals surface area contributed by atoms with Gasteiger partial charge in [-0.1, -0.05) is 71.8 Å². The van der Waals surface area contributed by atoms with Crippen LogP contribution in [0.1, 0.15) is 27.0 Å². The number of aromatic amines is 1. The number of aryl methyl sites for hydroxylation is 1. The summed E-state index contributed by atoms with van der Waals surface area (Å²) < 4.78 is 0. The van der Waals surface area contributed by atoms with E-state index in [1.165, 1.54) is 0 Å². The molecule has 5 nitrogen and oxygen atoms in total. The summed E-state index contributed by atoms with van der Waals surface area (Å²) in [5.74, 6) is -0.637. The third kappa shape index (κ3) is 5.01. The largest absolute Gasteiger partial charge is 0.361 e. The van der Waals surface area contributed by atoms with Crippen LogP contribution in [0.5, 0.6) is 0 Å². The van der Waals surface area contributed by atoms with Crippen molar-refractivity contribution in [3.63, 3.8) is 0 Å². The van der Waals surface area contributed by atoms with Crippen molar-refractivity contribution in [3.8, 4) is 0 Å². The SMILES string of the molecule is Cc1ccc(CNC(=O)[C@H](Cc2c[nH]c3ccccc23)NC(=O)c2ccccc2Cl)cc1. The third-order valence-electron chi connectivity index (χ3n) is 5.43. The Morgan fingerprint density at radius 2 is 1.69 bits per heavy atom. The van der Waals surface area contributed by atoms with E-state index in [4.69, 9.17) is 11.6 Å². The summed E-state index contributed by atoms with van der Waals surface area (Å²) in [5, 5.41) is 7.19. The second-order valence-electron chi connectivity index (χ2n) is 7.77. The van der Waals surface area contributed by atoms with Crippen LogP contribution in [0.15, 0.2) is 79.0 Å². The highest BCUT2D eigenvalue weighted by Crippen LogP contribution is 2.20. The lowest BCUT2D eigenvalue weighted by molar-refractivity contribution is -0.123. The first kappa shape index (κ1) is 21.7. The molecule has 0 aliphatic heterocycles. The fraction of sp³-hybridized carbons (Fsp3) is 0.154. The van der Waals surface area contributed by atoms with Gasteiger partial charge in [-0.3, -0.25) is 9.59 Å². The lowest BCUT2D eigenvalue weighted by Crippen LogP contribution is -2.47. The van der Waals surface area contributed by atoms with Gasteiger partial charge in [0.05, 0.1) is 10.6 Å². The Bertz CT molecular complexity index is 1250. The fourth-order valence-electron chi connectivity index (χ4n) is 3.63. The number of nitrogens with one attached hydrogen (secondary N) is 3. The van der Waals surface area contributed by atoms with Gasteiger partial charge >= 0.3 is 0 Å². The minimum Gasteiger partial charge on any atom is -0.361 e. The summed E-state index contributed by atoms with van der Waals surface area (Å²) in [6, 6.07) is 21.9. The Labute approximate surface area is 191 Å². The molecule has 1 aromatic heterocycles. The van der Waals surface area contributed by atoms with Crippen LogP contribution in [-0.2, 0) is 17.8 Å². The number of hydrogen-bond acceptors (Lipinski definition) is 2. The van der Waals surface area contributed by atoms with Gasteiger partial charge in [0.15, 0.2) is 0 Å². The predicted molar refractivity (Wildman–Crippen MR) is 128 cm³/mol. The maximum absolute atomic E-state index is 13.1. The highest BCUT2D eigenvalue weighted by atomic mass is 35.5. The van der Waals surface area contributed by atoms with Crippen molar-refractivity contribution in [2.75, 3.05) is 0 Å². The first-order valence-electron chi connectivity index (χ1n) is 10.4. The molecule has 0 radical (unpaired) electrons. The van der Waals surface area contributed by atoms with Crippen LogP contribution in [0.4, 0.5) is 0 Å². The van der Waals surface area contributed by atoms with Gasteiger partial charge in [-0.05, 0) is 36.2 Å². The van der Waals surface area contributed by atoms with E-state index in [2.05, 4.69) is 15.6 Å². The number of aromatic nitrogens is 1. The number of fused-ring (bicyclic) bond motifs is 1. The fourth-order valence-corrected chi connectivity index (χ4v) is 3.85. The molecule has 4 rings (SSSR count). The van der Waals surface area contributed by atoms with Gasteiger partial charge in [0.25, 0.3) is 5.91 Å². The number of para-hydroxylation sites is 1. The van der Waals surface area contributed by atoms with Crippen LogP contribution in [-0.4, -0.2) is 22.8 Å². The Kier molecular flexibility index (Phi) is 6.57. The number of amides is 2. The topological polar surface area (TPSA) is 74.0 Å². The molecule has 0 aliphatic rings. The minimum absolute atomic E-state index is 0.253. The van der Waals surface area contributed by atoms with Crippen molar-refractivity contribution in [3.05, 3.63) is 106 Å². The van der Waals surface area contributed by atoms with Crippen LogP contribution in [0.2, 0.25) is 5.02 Å². The average Bonchev–Trinajstić information content (AvgIpc) is 3.21.